The molecule has 0 fully saturated rings. The molecule has 2 aromatic carbocycles. The molecule has 2 amide bonds. The van der Waals surface area contributed by atoms with Crippen molar-refractivity contribution in [1.29, 1.82) is 0 Å². The molecule has 2 N–H and O–H groups in total. The van der Waals surface area contributed by atoms with Crippen molar-refractivity contribution in [2.45, 2.75) is 13.8 Å². The number of rotatable bonds is 6. The highest BCUT2D eigenvalue weighted by atomic mass is 35.5. The Morgan fingerprint density at radius 3 is 2.72 bits per heavy atom. The van der Waals surface area contributed by atoms with E-state index in [2.05, 4.69) is 15.8 Å². The molecule has 0 spiro atoms. The Labute approximate surface area is 151 Å². The van der Waals surface area contributed by atoms with Crippen LogP contribution in [0.1, 0.15) is 18.1 Å². The van der Waals surface area contributed by atoms with Gasteiger partial charge in [-0.25, -0.2) is 10.2 Å². The number of methoxy groups -OCH3 is 1. The molecule has 0 saturated heterocycles. The highest BCUT2D eigenvalue weighted by molar-refractivity contribution is 6.33. The number of para-hydroxylation sites is 1. The second kappa shape index (κ2) is 8.94. The summed E-state index contributed by atoms with van der Waals surface area (Å²) in [6, 6.07) is 10.4. The Kier molecular flexibility index (Phi) is 6.65. The predicted molar refractivity (Wildman–Crippen MR) is 100 cm³/mol. The maximum Gasteiger partial charge on any atom is 0.339 e. The first-order valence-electron chi connectivity index (χ1n) is 7.71. The number of hydrogen-bond acceptors (Lipinski definition) is 4. The van der Waals surface area contributed by atoms with E-state index in [1.54, 1.807) is 19.2 Å². The summed E-state index contributed by atoms with van der Waals surface area (Å²) in [7, 11) is 1.54. The molecule has 2 rings (SSSR count). The molecule has 7 heteroatoms. The van der Waals surface area contributed by atoms with Crippen molar-refractivity contribution in [3.63, 3.8) is 0 Å². The Balaban J connectivity index is 2.04. The number of carbonyl (C=O) groups is 1. The average molecular weight is 362 g/mol. The zero-order valence-electron chi connectivity index (χ0n) is 14.3. The predicted octanol–water partition coefficient (Wildman–Crippen LogP) is 4.21. The standard InChI is InChI=1S/C18H20ClN3O3/c1-4-25-17-10-14(19)13(9-16(17)24-3)11-20-22-18(23)21-15-8-6-5-7-12(15)2/h5-11H,4H2,1-3H3,(H2,21,22,23). The molecule has 0 aliphatic rings. The number of benzene rings is 2. The van der Waals surface area contributed by atoms with Gasteiger partial charge in [0, 0.05) is 17.3 Å². The summed E-state index contributed by atoms with van der Waals surface area (Å²) in [5.74, 6) is 1.09. The number of nitrogens with zero attached hydrogens (tertiary/aromatic N) is 1. The molecule has 6 nitrogen and oxygen atoms in total. The summed E-state index contributed by atoms with van der Waals surface area (Å²) < 4.78 is 10.7. The summed E-state index contributed by atoms with van der Waals surface area (Å²) in [5.41, 5.74) is 4.67. The fourth-order valence-electron chi connectivity index (χ4n) is 2.10. The largest absolute Gasteiger partial charge is 0.493 e. The second-order valence-electron chi connectivity index (χ2n) is 5.10. The third-order valence-corrected chi connectivity index (χ3v) is 3.67. The number of aryl methyl sites for hydroxylation is 1. The van der Waals surface area contributed by atoms with Gasteiger partial charge in [-0.15, -0.1) is 0 Å². The number of urea groups is 1. The first-order valence-corrected chi connectivity index (χ1v) is 8.09. The first-order chi connectivity index (χ1) is 12.0. The topological polar surface area (TPSA) is 72.0 Å². The Hall–Kier alpha value is -2.73. The molecule has 0 radical (unpaired) electrons. The normalized spacial score (nSPS) is 10.6. The number of hydrogen-bond donors (Lipinski definition) is 2. The van der Waals surface area contributed by atoms with Gasteiger partial charge >= 0.3 is 6.03 Å². The van der Waals surface area contributed by atoms with Crippen molar-refractivity contribution in [1.82, 2.24) is 5.43 Å². The first kappa shape index (κ1) is 18.6. The van der Waals surface area contributed by atoms with Gasteiger partial charge in [0.15, 0.2) is 11.5 Å². The van der Waals surface area contributed by atoms with E-state index < -0.39 is 6.03 Å². The number of halogens is 1. The zero-order chi connectivity index (χ0) is 18.2. The van der Waals surface area contributed by atoms with E-state index in [4.69, 9.17) is 21.1 Å². The molecule has 0 unspecified atom stereocenters. The van der Waals surface area contributed by atoms with E-state index in [9.17, 15) is 4.79 Å². The molecular formula is C18H20ClN3O3. The van der Waals surface area contributed by atoms with Crippen LogP contribution in [0, 0.1) is 6.92 Å². The second-order valence-corrected chi connectivity index (χ2v) is 5.50. The molecule has 132 valence electrons. The Bertz CT molecular complexity index is 778. The van der Waals surface area contributed by atoms with Crippen LogP contribution in [-0.2, 0) is 0 Å². The minimum absolute atomic E-state index is 0.439. The highest BCUT2D eigenvalue weighted by Gasteiger charge is 2.09. The highest BCUT2D eigenvalue weighted by Crippen LogP contribution is 2.32. The van der Waals surface area contributed by atoms with Crippen molar-refractivity contribution in [3.05, 3.63) is 52.5 Å². The van der Waals surface area contributed by atoms with E-state index >= 15 is 0 Å². The van der Waals surface area contributed by atoms with Gasteiger partial charge in [0.05, 0.1) is 25.0 Å². The van der Waals surface area contributed by atoms with Crippen molar-refractivity contribution in [3.8, 4) is 11.5 Å². The monoisotopic (exact) mass is 361 g/mol. The third-order valence-electron chi connectivity index (χ3n) is 3.35. The van der Waals surface area contributed by atoms with Crippen molar-refractivity contribution in [2.75, 3.05) is 19.0 Å². The van der Waals surface area contributed by atoms with Crippen LogP contribution >= 0.6 is 11.6 Å². The van der Waals surface area contributed by atoms with Crippen LogP contribution < -0.4 is 20.2 Å². The molecule has 25 heavy (non-hydrogen) atoms. The van der Waals surface area contributed by atoms with Gasteiger partial charge in [0.1, 0.15) is 0 Å². The van der Waals surface area contributed by atoms with E-state index in [-0.39, 0.29) is 0 Å². The molecule has 2 aromatic rings. The van der Waals surface area contributed by atoms with Crippen LogP contribution in [-0.4, -0.2) is 26.0 Å². The average Bonchev–Trinajstić information content (AvgIpc) is 2.59. The van der Waals surface area contributed by atoms with Crippen LogP contribution in [0.25, 0.3) is 0 Å². The zero-order valence-corrected chi connectivity index (χ0v) is 15.1. The number of amides is 2. The lowest BCUT2D eigenvalue weighted by Crippen LogP contribution is -2.24. The van der Waals surface area contributed by atoms with Gasteiger partial charge in [-0.05, 0) is 31.5 Å². The van der Waals surface area contributed by atoms with Crippen LogP contribution in [0.5, 0.6) is 11.5 Å². The molecule has 0 aliphatic heterocycles. The molecule has 0 saturated carbocycles. The van der Waals surface area contributed by atoms with E-state index in [1.807, 2.05) is 38.1 Å². The summed E-state index contributed by atoms with van der Waals surface area (Å²) >= 11 is 6.20. The number of hydrazone groups is 1. The van der Waals surface area contributed by atoms with E-state index in [1.165, 1.54) is 6.21 Å². The summed E-state index contributed by atoms with van der Waals surface area (Å²) in [6.07, 6.45) is 1.44. The third kappa shape index (κ3) is 5.12. The smallest absolute Gasteiger partial charge is 0.339 e. The SMILES string of the molecule is CCOc1cc(Cl)c(C=NNC(=O)Nc2ccccc2C)cc1OC. The van der Waals surface area contributed by atoms with Crippen LogP contribution in [0.4, 0.5) is 10.5 Å². The van der Waals surface area contributed by atoms with Gasteiger partial charge in [0.25, 0.3) is 0 Å². The molecule has 0 aromatic heterocycles. The van der Waals surface area contributed by atoms with Gasteiger partial charge in [0.2, 0.25) is 0 Å². The fourth-order valence-corrected chi connectivity index (χ4v) is 2.30. The van der Waals surface area contributed by atoms with Crippen LogP contribution in [0.15, 0.2) is 41.5 Å². The van der Waals surface area contributed by atoms with Gasteiger partial charge < -0.3 is 14.8 Å². The fraction of sp³-hybridized carbons (Fsp3) is 0.222. The van der Waals surface area contributed by atoms with Gasteiger partial charge in [-0.2, -0.15) is 5.10 Å². The van der Waals surface area contributed by atoms with E-state index in [0.29, 0.717) is 28.7 Å². The Morgan fingerprint density at radius 2 is 2.04 bits per heavy atom. The van der Waals surface area contributed by atoms with Crippen molar-refractivity contribution in [2.24, 2.45) is 5.10 Å². The minimum atomic E-state index is -0.445. The molecule has 0 heterocycles. The number of carbonyl (C=O) groups excluding carboxylic acids is 1. The van der Waals surface area contributed by atoms with Crippen LogP contribution in [0.2, 0.25) is 5.02 Å². The maximum absolute atomic E-state index is 11.9. The summed E-state index contributed by atoms with van der Waals surface area (Å²) in [6.45, 7) is 4.28. The molecule has 0 aliphatic carbocycles. The molecular weight excluding hydrogens is 342 g/mol. The quantitative estimate of drug-likeness (QED) is 0.598. The van der Waals surface area contributed by atoms with E-state index in [0.717, 1.165) is 11.3 Å². The lowest BCUT2D eigenvalue weighted by Gasteiger charge is -2.11. The molecule has 0 atom stereocenters. The minimum Gasteiger partial charge on any atom is -0.493 e. The maximum atomic E-state index is 11.9. The number of nitrogens with one attached hydrogen (secondary N) is 2. The van der Waals surface area contributed by atoms with Crippen LogP contribution in [0.3, 0.4) is 0 Å². The van der Waals surface area contributed by atoms with Crippen molar-refractivity contribution >= 4 is 29.5 Å². The van der Waals surface area contributed by atoms with Gasteiger partial charge in [-0.1, -0.05) is 29.8 Å². The number of ether oxygens (including phenoxy) is 2. The lowest BCUT2D eigenvalue weighted by atomic mass is 10.2. The summed E-state index contributed by atoms with van der Waals surface area (Å²) in [5, 5.41) is 7.07. The van der Waals surface area contributed by atoms with Gasteiger partial charge in [-0.3, -0.25) is 0 Å². The molecule has 0 bridgehead atoms. The van der Waals surface area contributed by atoms with Crippen molar-refractivity contribution < 1.29 is 14.3 Å². The number of anilines is 1. The lowest BCUT2D eigenvalue weighted by molar-refractivity contribution is 0.252. The summed E-state index contributed by atoms with van der Waals surface area (Å²) in [4.78, 5) is 11.9. The Morgan fingerprint density at radius 1 is 1.28 bits per heavy atom.